The number of nitrogens with one attached hydrogen (secondary N) is 1. The Balaban J connectivity index is 1.41. The lowest BCUT2D eigenvalue weighted by Gasteiger charge is -2.10. The van der Waals surface area contributed by atoms with Gasteiger partial charge in [-0.15, -0.1) is 5.10 Å². The van der Waals surface area contributed by atoms with Crippen LogP contribution in [0.3, 0.4) is 0 Å². The van der Waals surface area contributed by atoms with E-state index in [1.165, 1.54) is 5.56 Å². The van der Waals surface area contributed by atoms with Gasteiger partial charge in [-0.2, -0.15) is 0 Å². The molecule has 0 unspecified atom stereocenters. The smallest absolute Gasteiger partial charge is 0.128 e. The summed E-state index contributed by atoms with van der Waals surface area (Å²) in [6.07, 6.45) is 7.34. The van der Waals surface area contributed by atoms with E-state index < -0.39 is 0 Å². The van der Waals surface area contributed by atoms with E-state index >= 15 is 0 Å². The summed E-state index contributed by atoms with van der Waals surface area (Å²) in [5, 5.41) is 11.2. The van der Waals surface area contributed by atoms with E-state index in [4.69, 9.17) is 0 Å². The molecule has 0 saturated carbocycles. The highest BCUT2D eigenvalue weighted by molar-refractivity contribution is 5.48. The molecule has 0 aliphatic heterocycles. The average Bonchev–Trinajstić information content (AvgIpc) is 3.33. The molecular formula is C19H18N6. The van der Waals surface area contributed by atoms with Crippen molar-refractivity contribution in [1.82, 2.24) is 24.5 Å². The number of aromatic nitrogens is 5. The molecule has 6 nitrogen and oxygen atoms in total. The summed E-state index contributed by atoms with van der Waals surface area (Å²) in [6, 6.07) is 18.5. The van der Waals surface area contributed by atoms with Crippen molar-refractivity contribution in [2.75, 3.05) is 5.32 Å². The molecule has 0 saturated heterocycles. The minimum absolute atomic E-state index is 0.669. The van der Waals surface area contributed by atoms with E-state index in [0.29, 0.717) is 6.54 Å². The van der Waals surface area contributed by atoms with Gasteiger partial charge < -0.3 is 9.88 Å². The van der Waals surface area contributed by atoms with Crippen molar-refractivity contribution in [3.63, 3.8) is 0 Å². The van der Waals surface area contributed by atoms with Gasteiger partial charge in [0.2, 0.25) is 0 Å². The van der Waals surface area contributed by atoms with Crippen molar-refractivity contribution in [3.8, 4) is 5.69 Å². The van der Waals surface area contributed by atoms with Crippen molar-refractivity contribution in [1.29, 1.82) is 0 Å². The van der Waals surface area contributed by atoms with Gasteiger partial charge >= 0.3 is 0 Å². The number of benzene rings is 2. The molecule has 4 aromatic rings. The normalized spacial score (nSPS) is 10.7. The van der Waals surface area contributed by atoms with Gasteiger partial charge in [-0.25, -0.2) is 9.67 Å². The van der Waals surface area contributed by atoms with Gasteiger partial charge in [0.15, 0.2) is 0 Å². The Labute approximate surface area is 145 Å². The molecule has 0 aliphatic rings. The van der Waals surface area contributed by atoms with Crippen LogP contribution in [-0.4, -0.2) is 24.5 Å². The van der Waals surface area contributed by atoms with Gasteiger partial charge in [0.05, 0.1) is 24.6 Å². The number of rotatable bonds is 6. The molecule has 0 atom stereocenters. The van der Waals surface area contributed by atoms with Crippen LogP contribution >= 0.6 is 0 Å². The molecule has 0 fully saturated rings. The second kappa shape index (κ2) is 7.00. The summed E-state index contributed by atoms with van der Waals surface area (Å²) >= 11 is 0. The van der Waals surface area contributed by atoms with Crippen molar-refractivity contribution in [3.05, 3.63) is 90.8 Å². The quantitative estimate of drug-likeness (QED) is 0.590. The third-order valence-electron chi connectivity index (χ3n) is 4.00. The third kappa shape index (κ3) is 3.58. The largest absolute Gasteiger partial charge is 0.378 e. The van der Waals surface area contributed by atoms with Crippen LogP contribution in [0.4, 0.5) is 5.69 Å². The topological polar surface area (TPSA) is 60.6 Å². The minimum Gasteiger partial charge on any atom is -0.378 e. The fraction of sp³-hybridized carbons (Fsp3) is 0.105. The Hall–Kier alpha value is -3.41. The summed E-state index contributed by atoms with van der Waals surface area (Å²) in [6.45, 7) is 1.49. The fourth-order valence-electron chi connectivity index (χ4n) is 2.69. The van der Waals surface area contributed by atoms with E-state index in [2.05, 4.69) is 49.4 Å². The molecule has 2 aromatic carbocycles. The van der Waals surface area contributed by atoms with Crippen LogP contribution in [0.5, 0.6) is 0 Å². The van der Waals surface area contributed by atoms with Gasteiger partial charge in [-0.05, 0) is 29.8 Å². The van der Waals surface area contributed by atoms with Gasteiger partial charge in [0.25, 0.3) is 0 Å². The molecule has 1 N–H and O–H groups in total. The Morgan fingerprint density at radius 1 is 0.880 bits per heavy atom. The second-order valence-corrected chi connectivity index (χ2v) is 5.71. The summed E-state index contributed by atoms with van der Waals surface area (Å²) in [7, 11) is 0. The molecule has 0 aliphatic carbocycles. The Kier molecular flexibility index (Phi) is 4.24. The highest BCUT2D eigenvalue weighted by Gasteiger charge is 2.04. The fourth-order valence-corrected chi connectivity index (χ4v) is 2.69. The van der Waals surface area contributed by atoms with Crippen LogP contribution in [0, 0.1) is 0 Å². The zero-order chi connectivity index (χ0) is 16.9. The predicted molar refractivity (Wildman–Crippen MR) is 96.5 cm³/mol. The summed E-state index contributed by atoms with van der Waals surface area (Å²) in [5.74, 6) is 1.00. The van der Waals surface area contributed by atoms with Gasteiger partial charge in [-0.3, -0.25) is 0 Å². The molecule has 2 aromatic heterocycles. The second-order valence-electron chi connectivity index (χ2n) is 5.71. The third-order valence-corrected chi connectivity index (χ3v) is 4.00. The first-order valence-electron chi connectivity index (χ1n) is 8.13. The zero-order valence-electron chi connectivity index (χ0n) is 13.7. The first-order chi connectivity index (χ1) is 12.4. The first kappa shape index (κ1) is 15.1. The molecule has 4 rings (SSSR count). The number of imidazole rings is 1. The summed E-state index contributed by atoms with van der Waals surface area (Å²) in [5.41, 5.74) is 3.28. The summed E-state index contributed by atoms with van der Waals surface area (Å²) < 4.78 is 3.89. The highest BCUT2D eigenvalue weighted by Crippen LogP contribution is 2.13. The first-order valence-corrected chi connectivity index (χ1v) is 8.13. The van der Waals surface area contributed by atoms with Crippen molar-refractivity contribution >= 4 is 5.69 Å². The molecule has 2 heterocycles. The Bertz CT molecular complexity index is 910. The zero-order valence-corrected chi connectivity index (χ0v) is 13.7. The average molecular weight is 330 g/mol. The van der Waals surface area contributed by atoms with Crippen molar-refractivity contribution < 1.29 is 0 Å². The molecule has 0 bridgehead atoms. The molecule has 6 heteroatoms. The van der Waals surface area contributed by atoms with Crippen molar-refractivity contribution in [2.24, 2.45) is 0 Å². The monoisotopic (exact) mass is 330 g/mol. The number of hydrogen-bond donors (Lipinski definition) is 1. The molecule has 0 spiro atoms. The highest BCUT2D eigenvalue weighted by atomic mass is 15.4. The molecule has 0 radical (unpaired) electrons. The van der Waals surface area contributed by atoms with E-state index in [-0.39, 0.29) is 0 Å². The lowest BCUT2D eigenvalue weighted by molar-refractivity contribution is 0.735. The SMILES string of the molecule is c1ccc(Cn2ccnc2CNc2ccc(-n3ccnn3)cc2)cc1. The summed E-state index contributed by atoms with van der Waals surface area (Å²) in [4.78, 5) is 4.46. The van der Waals surface area contributed by atoms with Crippen LogP contribution in [0.2, 0.25) is 0 Å². The molecular weight excluding hydrogens is 312 g/mol. The molecule has 124 valence electrons. The molecule has 25 heavy (non-hydrogen) atoms. The number of nitrogens with zero attached hydrogens (tertiary/aromatic N) is 5. The lowest BCUT2D eigenvalue weighted by atomic mass is 10.2. The maximum absolute atomic E-state index is 4.46. The van der Waals surface area contributed by atoms with Gasteiger partial charge in [-0.1, -0.05) is 35.5 Å². The van der Waals surface area contributed by atoms with Crippen LogP contribution in [0.1, 0.15) is 11.4 Å². The van der Waals surface area contributed by atoms with Crippen LogP contribution in [0.25, 0.3) is 5.69 Å². The molecule has 0 amide bonds. The van der Waals surface area contributed by atoms with E-state index in [0.717, 1.165) is 23.7 Å². The predicted octanol–water partition coefficient (Wildman–Crippen LogP) is 3.12. The van der Waals surface area contributed by atoms with E-state index in [1.54, 1.807) is 10.9 Å². The lowest BCUT2D eigenvalue weighted by Crippen LogP contribution is -2.09. The van der Waals surface area contributed by atoms with Crippen LogP contribution in [-0.2, 0) is 13.1 Å². The van der Waals surface area contributed by atoms with E-state index in [9.17, 15) is 0 Å². The Morgan fingerprint density at radius 3 is 2.48 bits per heavy atom. The van der Waals surface area contributed by atoms with Gasteiger partial charge in [0.1, 0.15) is 5.82 Å². The van der Waals surface area contributed by atoms with Crippen LogP contribution in [0.15, 0.2) is 79.4 Å². The Morgan fingerprint density at radius 2 is 1.72 bits per heavy atom. The van der Waals surface area contributed by atoms with Gasteiger partial charge in [0, 0.05) is 24.6 Å². The number of hydrogen-bond acceptors (Lipinski definition) is 4. The van der Waals surface area contributed by atoms with E-state index in [1.807, 2.05) is 48.9 Å². The maximum atomic E-state index is 4.46. The minimum atomic E-state index is 0.669. The standard InChI is InChI=1S/C19H18N6/c1-2-4-16(5-3-1)15-24-12-10-20-19(24)14-21-17-6-8-18(9-7-17)25-13-11-22-23-25/h1-13,21H,14-15H2. The van der Waals surface area contributed by atoms with Crippen LogP contribution < -0.4 is 5.32 Å². The number of anilines is 1. The maximum Gasteiger partial charge on any atom is 0.128 e. The van der Waals surface area contributed by atoms with Crippen molar-refractivity contribution in [2.45, 2.75) is 13.1 Å².